The Morgan fingerprint density at radius 1 is 1.38 bits per heavy atom. The second-order valence-corrected chi connectivity index (χ2v) is 5.43. The van der Waals surface area contributed by atoms with Crippen molar-refractivity contribution in [2.45, 2.75) is 46.3 Å². The van der Waals surface area contributed by atoms with Crippen LogP contribution in [0.25, 0.3) is 0 Å². The minimum Gasteiger partial charge on any atom is -0.496 e. The van der Waals surface area contributed by atoms with Gasteiger partial charge < -0.3 is 14.6 Å². The molecule has 1 atom stereocenters. The van der Waals surface area contributed by atoms with Crippen LogP contribution in [0.3, 0.4) is 0 Å². The smallest absolute Gasteiger partial charge is 0.123 e. The first-order valence-corrected chi connectivity index (χ1v) is 7.52. The van der Waals surface area contributed by atoms with Gasteiger partial charge in [-0.3, -0.25) is 0 Å². The average molecular weight is 287 g/mol. The van der Waals surface area contributed by atoms with Crippen molar-refractivity contribution in [2.24, 2.45) is 0 Å². The molecule has 0 aliphatic heterocycles. The molecule has 0 fully saturated rings. The highest BCUT2D eigenvalue weighted by molar-refractivity contribution is 5.38. The Kier molecular flexibility index (Phi) is 5.39. The molecule has 0 saturated carbocycles. The van der Waals surface area contributed by atoms with Gasteiger partial charge in [-0.25, -0.2) is 4.98 Å². The lowest BCUT2D eigenvalue weighted by atomic mass is 10.0. The molecule has 0 radical (unpaired) electrons. The Morgan fingerprint density at radius 3 is 2.90 bits per heavy atom. The standard InChI is InChI=1S/C17H25N3O/c1-5-8-20-12-18-10-15(20)11-19-14(3)16-9-13(2)6-7-17(16)21-4/h6-7,9-10,12,14,19H,5,8,11H2,1-4H3. The number of nitrogens with zero attached hydrogens (tertiary/aromatic N) is 2. The van der Waals surface area contributed by atoms with E-state index in [1.165, 1.54) is 16.8 Å². The van der Waals surface area contributed by atoms with Gasteiger partial charge in [-0.15, -0.1) is 0 Å². The number of rotatable bonds is 7. The first kappa shape index (κ1) is 15.6. The Labute approximate surface area is 127 Å². The molecule has 2 rings (SSSR count). The van der Waals surface area contributed by atoms with Crippen molar-refractivity contribution in [1.82, 2.24) is 14.9 Å². The van der Waals surface area contributed by atoms with E-state index >= 15 is 0 Å². The molecule has 114 valence electrons. The molecule has 1 aromatic heterocycles. The molecule has 0 saturated heterocycles. The van der Waals surface area contributed by atoms with Crippen molar-refractivity contribution in [2.75, 3.05) is 7.11 Å². The second-order valence-electron chi connectivity index (χ2n) is 5.43. The maximum absolute atomic E-state index is 5.46. The number of hydrogen-bond donors (Lipinski definition) is 1. The zero-order valence-electron chi connectivity index (χ0n) is 13.4. The van der Waals surface area contributed by atoms with Gasteiger partial charge >= 0.3 is 0 Å². The molecular formula is C17H25N3O. The number of aryl methyl sites for hydroxylation is 2. The molecule has 0 amide bonds. The van der Waals surface area contributed by atoms with Crippen LogP contribution < -0.4 is 10.1 Å². The molecule has 1 unspecified atom stereocenters. The van der Waals surface area contributed by atoms with Crippen LogP contribution in [0.1, 0.15) is 43.1 Å². The van der Waals surface area contributed by atoms with Crippen LogP contribution >= 0.6 is 0 Å². The molecule has 1 aromatic carbocycles. The van der Waals surface area contributed by atoms with E-state index < -0.39 is 0 Å². The van der Waals surface area contributed by atoms with Gasteiger partial charge in [0.05, 0.1) is 19.1 Å². The highest BCUT2D eigenvalue weighted by Gasteiger charge is 2.12. The van der Waals surface area contributed by atoms with Crippen LogP contribution in [0, 0.1) is 6.92 Å². The third-order valence-electron chi connectivity index (χ3n) is 3.70. The monoisotopic (exact) mass is 287 g/mol. The molecule has 21 heavy (non-hydrogen) atoms. The number of nitrogens with one attached hydrogen (secondary N) is 1. The van der Waals surface area contributed by atoms with Crippen molar-refractivity contribution in [3.05, 3.63) is 47.5 Å². The third-order valence-corrected chi connectivity index (χ3v) is 3.70. The van der Waals surface area contributed by atoms with Gasteiger partial charge in [-0.2, -0.15) is 0 Å². The summed E-state index contributed by atoms with van der Waals surface area (Å²) in [4.78, 5) is 4.24. The largest absolute Gasteiger partial charge is 0.496 e. The molecule has 0 spiro atoms. The lowest BCUT2D eigenvalue weighted by Gasteiger charge is -2.18. The Hall–Kier alpha value is -1.81. The fourth-order valence-electron chi connectivity index (χ4n) is 2.50. The molecule has 4 heteroatoms. The van der Waals surface area contributed by atoms with Crippen LogP contribution in [0.4, 0.5) is 0 Å². The molecule has 2 aromatic rings. The summed E-state index contributed by atoms with van der Waals surface area (Å²) in [5.74, 6) is 0.933. The quantitative estimate of drug-likeness (QED) is 0.847. The van der Waals surface area contributed by atoms with E-state index in [-0.39, 0.29) is 6.04 Å². The average Bonchev–Trinajstić information content (AvgIpc) is 2.92. The first-order chi connectivity index (χ1) is 10.2. The number of imidazole rings is 1. The minimum atomic E-state index is 0.227. The summed E-state index contributed by atoms with van der Waals surface area (Å²) in [6.45, 7) is 8.26. The maximum Gasteiger partial charge on any atom is 0.123 e. The van der Waals surface area contributed by atoms with Gasteiger partial charge in [0.2, 0.25) is 0 Å². The SMILES string of the molecule is CCCn1cncc1CNC(C)c1cc(C)ccc1OC. The van der Waals surface area contributed by atoms with Crippen molar-refractivity contribution in [1.29, 1.82) is 0 Å². The molecule has 1 heterocycles. The van der Waals surface area contributed by atoms with Crippen molar-refractivity contribution >= 4 is 0 Å². The van der Waals surface area contributed by atoms with E-state index in [0.717, 1.165) is 25.3 Å². The fourth-order valence-corrected chi connectivity index (χ4v) is 2.50. The zero-order chi connectivity index (χ0) is 15.2. The summed E-state index contributed by atoms with van der Waals surface area (Å²) in [5.41, 5.74) is 3.66. The van der Waals surface area contributed by atoms with E-state index in [4.69, 9.17) is 4.74 Å². The van der Waals surface area contributed by atoms with Gasteiger partial charge in [0.15, 0.2) is 0 Å². The van der Waals surface area contributed by atoms with Crippen molar-refractivity contribution in [3.63, 3.8) is 0 Å². The van der Waals surface area contributed by atoms with E-state index in [0.29, 0.717) is 0 Å². The minimum absolute atomic E-state index is 0.227. The van der Waals surface area contributed by atoms with E-state index in [1.54, 1.807) is 7.11 Å². The Bertz CT molecular complexity index is 577. The van der Waals surface area contributed by atoms with Gasteiger partial charge in [0.1, 0.15) is 5.75 Å². The molecule has 1 N–H and O–H groups in total. The van der Waals surface area contributed by atoms with Crippen molar-refractivity contribution < 1.29 is 4.74 Å². The van der Waals surface area contributed by atoms with Crippen LogP contribution in [0.15, 0.2) is 30.7 Å². The van der Waals surface area contributed by atoms with Crippen LogP contribution in [0.2, 0.25) is 0 Å². The van der Waals surface area contributed by atoms with Gasteiger partial charge in [0, 0.05) is 30.9 Å². The lowest BCUT2D eigenvalue weighted by molar-refractivity contribution is 0.400. The number of hydrogen-bond acceptors (Lipinski definition) is 3. The van der Waals surface area contributed by atoms with Crippen molar-refractivity contribution in [3.8, 4) is 5.75 Å². The Balaban J connectivity index is 2.06. The summed E-state index contributed by atoms with van der Waals surface area (Å²) in [5, 5.41) is 3.56. The predicted molar refractivity (Wildman–Crippen MR) is 85.5 cm³/mol. The number of benzene rings is 1. The molecule has 4 nitrogen and oxygen atoms in total. The summed E-state index contributed by atoms with van der Waals surface area (Å²) in [7, 11) is 1.72. The van der Waals surface area contributed by atoms with Crippen LogP contribution in [0.5, 0.6) is 5.75 Å². The topological polar surface area (TPSA) is 39.1 Å². The van der Waals surface area contributed by atoms with Crippen LogP contribution in [-0.2, 0) is 13.1 Å². The summed E-state index contributed by atoms with van der Waals surface area (Å²) in [6.07, 6.45) is 4.95. The lowest BCUT2D eigenvalue weighted by Crippen LogP contribution is -2.20. The fraction of sp³-hybridized carbons (Fsp3) is 0.471. The first-order valence-electron chi connectivity index (χ1n) is 7.52. The highest BCUT2D eigenvalue weighted by atomic mass is 16.5. The third kappa shape index (κ3) is 3.85. The van der Waals surface area contributed by atoms with E-state index in [9.17, 15) is 0 Å². The molecular weight excluding hydrogens is 262 g/mol. The molecule has 0 aliphatic carbocycles. The highest BCUT2D eigenvalue weighted by Crippen LogP contribution is 2.26. The number of ether oxygens (including phenoxy) is 1. The number of methoxy groups -OCH3 is 1. The van der Waals surface area contributed by atoms with E-state index in [2.05, 4.69) is 47.8 Å². The predicted octanol–water partition coefficient (Wildman–Crippen LogP) is 3.46. The molecule has 0 bridgehead atoms. The Morgan fingerprint density at radius 2 is 2.19 bits per heavy atom. The zero-order valence-corrected chi connectivity index (χ0v) is 13.4. The summed E-state index contributed by atoms with van der Waals surface area (Å²) >= 11 is 0. The van der Waals surface area contributed by atoms with E-state index in [1.807, 2.05) is 18.6 Å². The van der Waals surface area contributed by atoms with Gasteiger partial charge in [-0.05, 0) is 26.3 Å². The van der Waals surface area contributed by atoms with Crippen LogP contribution in [-0.4, -0.2) is 16.7 Å². The maximum atomic E-state index is 5.46. The summed E-state index contributed by atoms with van der Waals surface area (Å²) < 4.78 is 7.66. The van der Waals surface area contributed by atoms with Gasteiger partial charge in [0.25, 0.3) is 0 Å². The summed E-state index contributed by atoms with van der Waals surface area (Å²) in [6, 6.07) is 6.51. The molecule has 0 aliphatic rings. The second kappa shape index (κ2) is 7.27. The van der Waals surface area contributed by atoms with Gasteiger partial charge in [-0.1, -0.05) is 24.6 Å². The normalized spacial score (nSPS) is 12.4. The number of aromatic nitrogens is 2.